The van der Waals surface area contributed by atoms with E-state index in [1.165, 1.54) is 24.8 Å². The molecule has 2 rings (SSSR count). The maximum absolute atomic E-state index is 5.63. The third-order valence-electron chi connectivity index (χ3n) is 3.22. The van der Waals surface area contributed by atoms with E-state index < -0.39 is 0 Å². The molecule has 100 valence electrons. The summed E-state index contributed by atoms with van der Waals surface area (Å²) >= 11 is 0. The predicted molar refractivity (Wildman–Crippen MR) is 73.2 cm³/mol. The van der Waals surface area contributed by atoms with Gasteiger partial charge < -0.3 is 10.1 Å². The molecule has 1 saturated carbocycles. The molecule has 1 aliphatic carbocycles. The fourth-order valence-electron chi connectivity index (χ4n) is 1.80. The van der Waals surface area contributed by atoms with Gasteiger partial charge in [0.1, 0.15) is 0 Å². The van der Waals surface area contributed by atoms with Crippen LogP contribution in [0.3, 0.4) is 0 Å². The lowest BCUT2D eigenvalue weighted by Crippen LogP contribution is -2.21. The number of rotatable bonds is 8. The molecule has 0 aromatic carbocycles. The van der Waals surface area contributed by atoms with Gasteiger partial charge in [0.15, 0.2) is 0 Å². The number of aromatic nitrogens is 1. The molecule has 0 radical (unpaired) electrons. The Kier molecular flexibility index (Phi) is 5.14. The van der Waals surface area contributed by atoms with E-state index in [1.807, 2.05) is 6.20 Å². The van der Waals surface area contributed by atoms with Gasteiger partial charge in [-0.25, -0.2) is 0 Å². The van der Waals surface area contributed by atoms with Crippen molar-refractivity contribution < 1.29 is 4.74 Å². The molecular formula is C15H24N2O. The number of pyridine rings is 1. The van der Waals surface area contributed by atoms with E-state index in [2.05, 4.69) is 36.3 Å². The number of hydrogen-bond donors (Lipinski definition) is 1. The molecule has 0 saturated heterocycles. The first-order valence-electron chi connectivity index (χ1n) is 6.99. The molecule has 1 fully saturated rings. The van der Waals surface area contributed by atoms with Crippen LogP contribution in [0.4, 0.5) is 0 Å². The summed E-state index contributed by atoms with van der Waals surface area (Å²) in [4.78, 5) is 4.42. The highest BCUT2D eigenvalue weighted by atomic mass is 16.5. The van der Waals surface area contributed by atoms with Crippen molar-refractivity contribution in [3.05, 3.63) is 29.6 Å². The molecule has 1 aromatic heterocycles. The lowest BCUT2D eigenvalue weighted by Gasteiger charge is -2.08. The highest BCUT2D eigenvalue weighted by Gasteiger charge is 2.20. The Morgan fingerprint density at radius 1 is 1.39 bits per heavy atom. The second-order valence-corrected chi connectivity index (χ2v) is 5.48. The maximum Gasteiger partial charge on any atom is 0.0887 e. The third-order valence-corrected chi connectivity index (χ3v) is 3.22. The van der Waals surface area contributed by atoms with Gasteiger partial charge in [0.05, 0.1) is 12.3 Å². The normalized spacial score (nSPS) is 15.3. The van der Waals surface area contributed by atoms with Gasteiger partial charge in [-0.1, -0.05) is 32.8 Å². The molecule has 0 unspecified atom stereocenters. The fourth-order valence-corrected chi connectivity index (χ4v) is 1.80. The highest BCUT2D eigenvalue weighted by Crippen LogP contribution is 2.32. The molecular weight excluding hydrogens is 224 g/mol. The van der Waals surface area contributed by atoms with Crippen molar-refractivity contribution in [2.75, 3.05) is 6.61 Å². The van der Waals surface area contributed by atoms with Crippen molar-refractivity contribution in [3.8, 4) is 0 Å². The first-order valence-corrected chi connectivity index (χ1v) is 6.99. The molecule has 0 atom stereocenters. The molecule has 1 aliphatic rings. The summed E-state index contributed by atoms with van der Waals surface area (Å²) < 4.78 is 5.63. The fraction of sp³-hybridized carbons (Fsp3) is 0.667. The first-order chi connectivity index (χ1) is 8.74. The van der Waals surface area contributed by atoms with E-state index in [0.29, 0.717) is 12.6 Å². The van der Waals surface area contributed by atoms with Crippen LogP contribution >= 0.6 is 0 Å². The lowest BCUT2D eigenvalue weighted by atomic mass is 10.2. The van der Waals surface area contributed by atoms with E-state index in [-0.39, 0.29) is 0 Å². The lowest BCUT2D eigenvalue weighted by molar-refractivity contribution is 0.112. The van der Waals surface area contributed by atoms with E-state index >= 15 is 0 Å². The molecule has 0 aliphatic heterocycles. The smallest absolute Gasteiger partial charge is 0.0887 e. The molecule has 3 nitrogen and oxygen atoms in total. The number of nitrogens with one attached hydrogen (secondary N) is 1. The van der Waals surface area contributed by atoms with Crippen LogP contribution in [0.25, 0.3) is 0 Å². The Hall–Kier alpha value is -0.930. The van der Waals surface area contributed by atoms with E-state index in [4.69, 9.17) is 4.74 Å². The minimum atomic E-state index is 0.510. The minimum Gasteiger partial charge on any atom is -0.375 e. The second-order valence-electron chi connectivity index (χ2n) is 5.48. The third kappa shape index (κ3) is 5.15. The van der Waals surface area contributed by atoms with E-state index in [0.717, 1.165) is 24.8 Å². The molecule has 1 N–H and O–H groups in total. The summed E-state index contributed by atoms with van der Waals surface area (Å²) in [6.45, 7) is 6.70. The van der Waals surface area contributed by atoms with Gasteiger partial charge in [0, 0.05) is 25.4 Å². The Balaban J connectivity index is 1.65. The van der Waals surface area contributed by atoms with Crippen molar-refractivity contribution in [1.29, 1.82) is 0 Å². The van der Waals surface area contributed by atoms with Crippen LogP contribution in [0.2, 0.25) is 0 Å². The summed E-state index contributed by atoms with van der Waals surface area (Å²) in [6, 6.07) is 4.70. The van der Waals surface area contributed by atoms with E-state index in [9.17, 15) is 0 Å². The van der Waals surface area contributed by atoms with Gasteiger partial charge in [-0.3, -0.25) is 4.98 Å². The number of ether oxygens (including phenoxy) is 1. The molecule has 3 heteroatoms. The average Bonchev–Trinajstić information content (AvgIpc) is 3.17. The van der Waals surface area contributed by atoms with Crippen LogP contribution in [0.1, 0.15) is 44.4 Å². The zero-order chi connectivity index (χ0) is 12.8. The quantitative estimate of drug-likeness (QED) is 0.718. The second kappa shape index (κ2) is 6.86. The summed E-state index contributed by atoms with van der Waals surface area (Å²) in [6.07, 6.45) is 5.96. The Morgan fingerprint density at radius 2 is 2.22 bits per heavy atom. The van der Waals surface area contributed by atoms with Crippen LogP contribution < -0.4 is 5.32 Å². The monoisotopic (exact) mass is 248 g/mol. The van der Waals surface area contributed by atoms with Crippen molar-refractivity contribution in [2.24, 2.45) is 5.92 Å². The van der Waals surface area contributed by atoms with Gasteiger partial charge in [-0.15, -0.1) is 0 Å². The summed E-state index contributed by atoms with van der Waals surface area (Å²) in [5.74, 6) is 0.947. The van der Waals surface area contributed by atoms with Crippen molar-refractivity contribution in [1.82, 2.24) is 10.3 Å². The largest absolute Gasteiger partial charge is 0.375 e. The predicted octanol–water partition coefficient (Wildman–Crippen LogP) is 2.90. The van der Waals surface area contributed by atoms with Gasteiger partial charge in [0.25, 0.3) is 0 Å². The van der Waals surface area contributed by atoms with Crippen molar-refractivity contribution in [2.45, 2.75) is 52.3 Å². The van der Waals surface area contributed by atoms with Crippen molar-refractivity contribution >= 4 is 0 Å². The maximum atomic E-state index is 5.63. The van der Waals surface area contributed by atoms with Gasteiger partial charge in [-0.2, -0.15) is 0 Å². The summed E-state index contributed by atoms with van der Waals surface area (Å²) in [5.41, 5.74) is 2.25. The van der Waals surface area contributed by atoms with Crippen LogP contribution in [-0.2, 0) is 17.9 Å². The summed E-state index contributed by atoms with van der Waals surface area (Å²) in [7, 11) is 0. The Bertz CT molecular complexity index is 344. The molecule has 1 heterocycles. The highest BCUT2D eigenvalue weighted by molar-refractivity contribution is 5.13. The molecule has 18 heavy (non-hydrogen) atoms. The molecule has 0 bridgehead atoms. The SMILES string of the molecule is CC(C)NCc1ccc(COCCC2CC2)nc1. The van der Waals surface area contributed by atoms with Gasteiger partial charge in [0.2, 0.25) is 0 Å². The van der Waals surface area contributed by atoms with E-state index in [1.54, 1.807) is 0 Å². The van der Waals surface area contributed by atoms with Gasteiger partial charge >= 0.3 is 0 Å². The Morgan fingerprint density at radius 3 is 2.83 bits per heavy atom. The first kappa shape index (κ1) is 13.5. The zero-order valence-electron chi connectivity index (χ0n) is 11.5. The minimum absolute atomic E-state index is 0.510. The van der Waals surface area contributed by atoms with Crippen LogP contribution in [0.15, 0.2) is 18.3 Å². The standard InChI is InChI=1S/C15H24N2O/c1-12(2)16-9-14-5-6-15(17-10-14)11-18-8-7-13-3-4-13/h5-6,10,12-13,16H,3-4,7-9,11H2,1-2H3. The van der Waals surface area contributed by atoms with Crippen LogP contribution in [-0.4, -0.2) is 17.6 Å². The van der Waals surface area contributed by atoms with Crippen LogP contribution in [0.5, 0.6) is 0 Å². The molecule has 0 spiro atoms. The molecule has 1 aromatic rings. The average molecular weight is 248 g/mol. The van der Waals surface area contributed by atoms with Gasteiger partial charge in [-0.05, 0) is 24.0 Å². The van der Waals surface area contributed by atoms with Crippen molar-refractivity contribution in [3.63, 3.8) is 0 Å². The molecule has 0 amide bonds. The van der Waals surface area contributed by atoms with Crippen LogP contribution in [0, 0.1) is 5.92 Å². The Labute approximate surface area is 110 Å². The zero-order valence-corrected chi connectivity index (χ0v) is 11.5. The summed E-state index contributed by atoms with van der Waals surface area (Å²) in [5, 5.41) is 3.38. The number of nitrogens with zero attached hydrogens (tertiary/aromatic N) is 1. The number of hydrogen-bond acceptors (Lipinski definition) is 3. The topological polar surface area (TPSA) is 34.1 Å².